The first-order valence-electron chi connectivity index (χ1n) is 11.5. The average molecular weight is 458 g/mol. The van der Waals surface area contributed by atoms with E-state index in [9.17, 15) is 0 Å². The zero-order chi connectivity index (χ0) is 23.2. The second-order valence-electron chi connectivity index (χ2n) is 8.88. The topological polar surface area (TPSA) is 90.3 Å². The second kappa shape index (κ2) is 8.14. The lowest BCUT2D eigenvalue weighted by Crippen LogP contribution is -2.31. The van der Waals surface area contributed by atoms with E-state index in [0.717, 1.165) is 59.4 Å². The minimum Gasteiger partial charge on any atom is -0.478 e. The number of ether oxygens (including phenoxy) is 1. The molecule has 34 heavy (non-hydrogen) atoms. The number of aryl methyl sites for hydroxylation is 1. The van der Waals surface area contributed by atoms with Crippen molar-refractivity contribution in [2.24, 2.45) is 7.05 Å². The van der Waals surface area contributed by atoms with Crippen LogP contribution in [0.15, 0.2) is 48.8 Å². The number of methoxy groups -OCH3 is 1. The fourth-order valence-electron chi connectivity index (χ4n) is 4.66. The summed E-state index contributed by atoms with van der Waals surface area (Å²) in [5.74, 6) is 1.04. The van der Waals surface area contributed by atoms with Crippen LogP contribution in [0.25, 0.3) is 27.8 Å². The number of rotatable bonds is 5. The van der Waals surface area contributed by atoms with Gasteiger partial charge in [-0.15, -0.1) is 10.2 Å². The molecule has 0 atom stereocenters. The van der Waals surface area contributed by atoms with Gasteiger partial charge in [-0.1, -0.05) is 12.1 Å². The number of aromatic nitrogens is 7. The molecule has 0 amide bonds. The van der Waals surface area contributed by atoms with Gasteiger partial charge >= 0.3 is 0 Å². The summed E-state index contributed by atoms with van der Waals surface area (Å²) in [7, 11) is 5.72. The van der Waals surface area contributed by atoms with Gasteiger partial charge in [-0.3, -0.25) is 9.36 Å². The summed E-state index contributed by atoms with van der Waals surface area (Å²) in [6, 6.07) is 12.6. The van der Waals surface area contributed by atoms with Gasteiger partial charge in [0.05, 0.1) is 30.6 Å². The van der Waals surface area contributed by atoms with E-state index in [1.54, 1.807) is 7.11 Å². The third kappa shape index (κ3) is 3.65. The molecule has 5 aromatic rings. The lowest BCUT2D eigenvalue weighted by Gasteiger charge is -2.28. The predicted molar refractivity (Wildman–Crippen MR) is 131 cm³/mol. The minimum atomic E-state index is 0.365. The van der Waals surface area contributed by atoms with Crippen LogP contribution in [-0.4, -0.2) is 66.3 Å². The zero-order valence-corrected chi connectivity index (χ0v) is 19.5. The summed E-state index contributed by atoms with van der Waals surface area (Å²) in [5.41, 5.74) is 4.49. The molecular weight excluding hydrogens is 430 g/mol. The van der Waals surface area contributed by atoms with Crippen LogP contribution in [0.3, 0.4) is 0 Å². The SMILES string of the molecule is COc1nn(C2CCN(C)CC2)cc1Nc1nc2cccc(-c3ccc4nn(C)cc4c3)n2n1. The maximum atomic E-state index is 5.55. The van der Waals surface area contributed by atoms with Gasteiger partial charge in [-0.25, -0.2) is 4.52 Å². The average Bonchev–Trinajstić information content (AvgIpc) is 3.54. The number of pyridine rings is 1. The Bertz CT molecular complexity index is 1470. The standard InChI is InChI=1S/C24H27N9O/c1-30-11-9-18(10-12-30)32-15-20(23(28-32)34-3)25-24-26-22-6-4-5-21(33(22)29-24)16-7-8-19-17(13-16)14-31(2)27-19/h4-8,13-15,18H,9-12H2,1-3H3,(H,25,29). The first-order valence-corrected chi connectivity index (χ1v) is 11.5. The maximum Gasteiger partial charge on any atom is 0.256 e. The fourth-order valence-corrected chi connectivity index (χ4v) is 4.66. The van der Waals surface area contributed by atoms with Crippen molar-refractivity contribution in [1.29, 1.82) is 0 Å². The van der Waals surface area contributed by atoms with Gasteiger partial charge in [0, 0.05) is 24.2 Å². The highest BCUT2D eigenvalue weighted by molar-refractivity contribution is 5.83. The highest BCUT2D eigenvalue weighted by Crippen LogP contribution is 2.30. The third-order valence-electron chi connectivity index (χ3n) is 6.47. The minimum absolute atomic E-state index is 0.365. The Morgan fingerprint density at radius 2 is 1.85 bits per heavy atom. The normalized spacial score (nSPS) is 15.4. The predicted octanol–water partition coefficient (Wildman–Crippen LogP) is 3.50. The van der Waals surface area contributed by atoms with E-state index in [1.807, 2.05) is 57.6 Å². The second-order valence-corrected chi connectivity index (χ2v) is 8.88. The molecule has 0 aliphatic carbocycles. The van der Waals surface area contributed by atoms with E-state index in [0.29, 0.717) is 17.9 Å². The Hall–Kier alpha value is -3.92. The molecule has 1 aliphatic rings. The third-order valence-corrected chi connectivity index (χ3v) is 6.47. The van der Waals surface area contributed by atoms with Gasteiger partial charge in [0.2, 0.25) is 5.95 Å². The summed E-state index contributed by atoms with van der Waals surface area (Å²) in [6.07, 6.45) is 6.15. The molecule has 10 nitrogen and oxygen atoms in total. The Balaban J connectivity index is 1.32. The molecule has 1 aromatic carbocycles. The number of hydrogen-bond acceptors (Lipinski definition) is 7. The Morgan fingerprint density at radius 1 is 1.00 bits per heavy atom. The highest BCUT2D eigenvalue weighted by atomic mass is 16.5. The molecule has 0 unspecified atom stereocenters. The molecule has 0 spiro atoms. The number of hydrogen-bond donors (Lipinski definition) is 1. The van der Waals surface area contributed by atoms with Crippen molar-refractivity contribution >= 4 is 28.2 Å². The molecule has 10 heteroatoms. The van der Waals surface area contributed by atoms with Crippen molar-refractivity contribution in [3.05, 3.63) is 48.8 Å². The summed E-state index contributed by atoms with van der Waals surface area (Å²) < 4.78 is 11.2. The Labute approximate surface area is 196 Å². The molecule has 5 heterocycles. The van der Waals surface area contributed by atoms with Crippen LogP contribution < -0.4 is 10.1 Å². The van der Waals surface area contributed by atoms with Crippen LogP contribution >= 0.6 is 0 Å². The Kier molecular flexibility index (Phi) is 4.95. The number of nitrogens with one attached hydrogen (secondary N) is 1. The fraction of sp³-hybridized carbons (Fsp3) is 0.333. The molecule has 0 saturated carbocycles. The van der Waals surface area contributed by atoms with Crippen LogP contribution in [0.2, 0.25) is 0 Å². The van der Waals surface area contributed by atoms with E-state index >= 15 is 0 Å². The van der Waals surface area contributed by atoms with Crippen LogP contribution in [0.1, 0.15) is 18.9 Å². The molecule has 4 aromatic heterocycles. The van der Waals surface area contributed by atoms with Gasteiger partial charge < -0.3 is 15.0 Å². The van der Waals surface area contributed by atoms with Crippen molar-refractivity contribution in [3.8, 4) is 17.1 Å². The molecule has 1 fully saturated rings. The van der Waals surface area contributed by atoms with Crippen molar-refractivity contribution in [3.63, 3.8) is 0 Å². The molecule has 1 aliphatic heterocycles. The van der Waals surface area contributed by atoms with E-state index in [4.69, 9.17) is 14.8 Å². The number of fused-ring (bicyclic) bond motifs is 2. The molecule has 6 rings (SSSR count). The van der Waals surface area contributed by atoms with Crippen LogP contribution in [0.4, 0.5) is 11.6 Å². The number of anilines is 2. The number of piperidine rings is 1. The monoisotopic (exact) mass is 457 g/mol. The van der Waals surface area contributed by atoms with Crippen LogP contribution in [0, 0.1) is 0 Å². The lowest BCUT2D eigenvalue weighted by atomic mass is 10.1. The van der Waals surface area contributed by atoms with Crippen molar-refractivity contribution in [2.75, 3.05) is 32.6 Å². The number of nitrogens with zero attached hydrogens (tertiary/aromatic N) is 8. The van der Waals surface area contributed by atoms with Crippen molar-refractivity contribution < 1.29 is 4.74 Å². The van der Waals surface area contributed by atoms with Gasteiger partial charge in [0.1, 0.15) is 5.69 Å². The van der Waals surface area contributed by atoms with Gasteiger partial charge in [-0.2, -0.15) is 10.1 Å². The molecular formula is C24H27N9O. The van der Waals surface area contributed by atoms with Crippen molar-refractivity contribution in [1.82, 2.24) is 39.1 Å². The van der Waals surface area contributed by atoms with E-state index in [-0.39, 0.29) is 0 Å². The van der Waals surface area contributed by atoms with E-state index in [1.165, 1.54) is 0 Å². The van der Waals surface area contributed by atoms with Crippen LogP contribution in [0.5, 0.6) is 5.88 Å². The molecule has 1 N–H and O–H groups in total. The summed E-state index contributed by atoms with van der Waals surface area (Å²) in [4.78, 5) is 7.04. The molecule has 0 bridgehead atoms. The van der Waals surface area contributed by atoms with Gasteiger partial charge in [0.25, 0.3) is 5.88 Å². The molecule has 174 valence electrons. The molecule has 0 radical (unpaired) electrons. The maximum absolute atomic E-state index is 5.55. The summed E-state index contributed by atoms with van der Waals surface area (Å²) in [5, 5.41) is 18.3. The lowest BCUT2D eigenvalue weighted by molar-refractivity contribution is 0.210. The quantitative estimate of drug-likeness (QED) is 0.432. The number of benzene rings is 1. The van der Waals surface area contributed by atoms with Crippen molar-refractivity contribution in [2.45, 2.75) is 18.9 Å². The first kappa shape index (κ1) is 20.7. The van der Waals surface area contributed by atoms with Gasteiger partial charge in [0.15, 0.2) is 5.65 Å². The largest absolute Gasteiger partial charge is 0.478 e. The number of likely N-dealkylation sites (tertiary alicyclic amines) is 1. The van der Waals surface area contributed by atoms with E-state index < -0.39 is 0 Å². The van der Waals surface area contributed by atoms with E-state index in [2.05, 4.69) is 39.6 Å². The highest BCUT2D eigenvalue weighted by Gasteiger charge is 2.22. The Morgan fingerprint density at radius 3 is 2.68 bits per heavy atom. The summed E-state index contributed by atoms with van der Waals surface area (Å²) >= 11 is 0. The first-order chi connectivity index (χ1) is 16.6. The zero-order valence-electron chi connectivity index (χ0n) is 19.5. The smallest absolute Gasteiger partial charge is 0.256 e. The van der Waals surface area contributed by atoms with Crippen LogP contribution in [-0.2, 0) is 7.05 Å². The summed E-state index contributed by atoms with van der Waals surface area (Å²) in [6.45, 7) is 2.13. The van der Waals surface area contributed by atoms with Gasteiger partial charge in [-0.05, 0) is 57.2 Å². The molecule has 1 saturated heterocycles.